The summed E-state index contributed by atoms with van der Waals surface area (Å²) in [4.78, 5) is 10.7. The largest absolute Gasteiger partial charge is 0.292 e. The quantitative estimate of drug-likeness (QED) is 0.142. The molecule has 2 aromatic heterocycles. The Balaban J connectivity index is 0.000000132. The highest BCUT2D eigenvalue weighted by molar-refractivity contribution is 6.29. The number of imidazole rings is 2. The van der Waals surface area contributed by atoms with Crippen LogP contribution in [-0.2, 0) is 0 Å². The van der Waals surface area contributed by atoms with Crippen molar-refractivity contribution in [3.63, 3.8) is 0 Å². The molecule has 0 aliphatic rings. The molecule has 0 N–H and O–H groups in total. The molecule has 0 atom stereocenters. The lowest BCUT2D eigenvalue weighted by Gasteiger charge is -2.15. The van der Waals surface area contributed by atoms with Gasteiger partial charge in [0.2, 0.25) is 0 Å². The molecular formula is C106H64N4. The van der Waals surface area contributed by atoms with E-state index >= 15 is 0 Å². The topological polar surface area (TPSA) is 35.6 Å². The Morgan fingerprint density at radius 3 is 0.882 bits per heavy atom. The van der Waals surface area contributed by atoms with Crippen LogP contribution in [-0.4, -0.2) is 19.1 Å². The van der Waals surface area contributed by atoms with Crippen molar-refractivity contribution in [1.29, 1.82) is 0 Å². The molecule has 0 spiro atoms. The van der Waals surface area contributed by atoms with E-state index in [9.17, 15) is 0 Å². The summed E-state index contributed by atoms with van der Waals surface area (Å²) < 4.78 is 4.62. The van der Waals surface area contributed by atoms with E-state index in [0.717, 1.165) is 61.8 Å². The fourth-order valence-corrected chi connectivity index (χ4v) is 18.3. The summed E-state index contributed by atoms with van der Waals surface area (Å²) in [6.07, 6.45) is 0. The van der Waals surface area contributed by atoms with Crippen molar-refractivity contribution in [2.75, 3.05) is 0 Å². The lowest BCUT2D eigenvalue weighted by Crippen LogP contribution is -1.97. The fraction of sp³-hybridized carbons (Fsp3) is 0. The molecule has 24 aromatic rings. The zero-order valence-corrected chi connectivity index (χ0v) is 59.7. The molecule has 4 nitrogen and oxygen atoms in total. The first-order chi connectivity index (χ1) is 54.5. The number of aromatic nitrogens is 4. The van der Waals surface area contributed by atoms with Crippen LogP contribution in [0.2, 0.25) is 0 Å². The van der Waals surface area contributed by atoms with E-state index in [1.807, 2.05) is 0 Å². The third-order valence-electron chi connectivity index (χ3n) is 23.5. The minimum absolute atomic E-state index is 0.926. The number of rotatable bonds is 8. The maximum atomic E-state index is 5.34. The maximum absolute atomic E-state index is 5.34. The molecule has 0 saturated carbocycles. The molecule has 24 rings (SSSR count). The Morgan fingerprint density at radius 1 is 0.164 bits per heavy atom. The van der Waals surface area contributed by atoms with E-state index in [1.54, 1.807) is 0 Å². The van der Waals surface area contributed by atoms with Gasteiger partial charge in [0.1, 0.15) is 11.6 Å². The minimum Gasteiger partial charge on any atom is -0.292 e. The molecule has 110 heavy (non-hydrogen) atoms. The van der Waals surface area contributed by atoms with Gasteiger partial charge in [0.05, 0.1) is 22.1 Å². The van der Waals surface area contributed by atoms with Gasteiger partial charge in [-0.3, -0.25) is 9.13 Å². The van der Waals surface area contributed by atoms with E-state index in [4.69, 9.17) is 9.97 Å². The SMILES string of the molecule is c1ccc(-c2nc3cc(-c4ccc5c6ccccc6c6ccccc6c5c4)ccc3n2-c2ccc(-c3ccc4c5ccccc5c5ccccc5c4c3)cc2)cc1.c1ccc(-c2nc3cc(-c4ccc5ccc6cccc7ccc4c5c67)ccc3n2-c2ccc(-c3ccc4ccc5cccc6ccc3c4c56)cc2)cc1. The molecule has 508 valence electrons. The van der Waals surface area contributed by atoms with Crippen LogP contribution in [0.25, 0.3) is 230 Å². The van der Waals surface area contributed by atoms with Crippen LogP contribution in [0.1, 0.15) is 0 Å². The minimum atomic E-state index is 0.926. The van der Waals surface area contributed by atoms with Crippen molar-refractivity contribution in [1.82, 2.24) is 19.1 Å². The summed E-state index contributed by atoms with van der Waals surface area (Å²) in [5.74, 6) is 1.86. The molecule has 0 unspecified atom stereocenters. The molecule has 0 radical (unpaired) electrons. The Hall–Kier alpha value is -14.6. The second-order valence-corrected chi connectivity index (χ2v) is 29.4. The van der Waals surface area contributed by atoms with E-state index in [-0.39, 0.29) is 0 Å². The average molecular weight is 1390 g/mol. The average Bonchev–Trinajstić information content (AvgIpc) is 1.11. The maximum Gasteiger partial charge on any atom is 0.145 e. The van der Waals surface area contributed by atoms with Crippen LogP contribution < -0.4 is 0 Å². The van der Waals surface area contributed by atoms with Gasteiger partial charge in [-0.2, -0.15) is 0 Å². The van der Waals surface area contributed by atoms with Crippen LogP contribution in [0.3, 0.4) is 0 Å². The van der Waals surface area contributed by atoms with Crippen molar-refractivity contribution in [2.24, 2.45) is 0 Å². The van der Waals surface area contributed by atoms with Gasteiger partial charge in [0.15, 0.2) is 0 Å². The molecule has 0 amide bonds. The van der Waals surface area contributed by atoms with Gasteiger partial charge in [-0.1, -0.05) is 328 Å². The first-order valence-corrected chi connectivity index (χ1v) is 37.9. The number of hydrogen-bond acceptors (Lipinski definition) is 2. The number of nitrogens with zero attached hydrogens (tertiary/aromatic N) is 4. The molecule has 4 heteroatoms. The molecule has 0 saturated heterocycles. The van der Waals surface area contributed by atoms with Crippen LogP contribution in [0.4, 0.5) is 0 Å². The van der Waals surface area contributed by atoms with Gasteiger partial charge >= 0.3 is 0 Å². The van der Waals surface area contributed by atoms with E-state index in [1.165, 1.54) is 168 Å². The molecule has 0 aliphatic heterocycles. The lowest BCUT2D eigenvalue weighted by atomic mass is 9.90. The summed E-state index contributed by atoms with van der Waals surface area (Å²) in [5, 5.41) is 31.0. The molecule has 2 heterocycles. The van der Waals surface area contributed by atoms with Crippen molar-refractivity contribution in [3.05, 3.63) is 388 Å². The summed E-state index contributed by atoms with van der Waals surface area (Å²) in [5.41, 5.74) is 18.0. The second kappa shape index (κ2) is 24.5. The standard InChI is InChI=1S/C55H34N2.C51H30N2/c1-2-12-36(13-3-1)55-56-53-34-39(38-25-30-50-46-19-7-5-15-42(46)44-17-9-11-21-48(44)52(50)33-38)26-31-54(53)57(55)40-27-22-35(23-28-40)37-24-29-49-45-18-6-4-14-41(45)43-16-8-10-20-47(43)51(49)32-37;1-2-6-38(7-3-1)51-52-45-30-39(42-26-19-37-15-13-33-9-5-11-35-21-28-44(42)50(37)48(33)35)22-29-46(45)53(51)40-23-16-31(17-24-40)41-25-18-36-14-12-32-8-4-10-34-20-27-43(41)49(36)47(32)34/h1-34H;1-30H. The Bertz CT molecular complexity index is 7760. The molecule has 0 bridgehead atoms. The van der Waals surface area contributed by atoms with Gasteiger partial charge in [-0.15, -0.1) is 0 Å². The Morgan fingerprint density at radius 2 is 0.455 bits per heavy atom. The summed E-state index contributed by atoms with van der Waals surface area (Å²) in [6, 6.07) is 142. The second-order valence-electron chi connectivity index (χ2n) is 29.4. The van der Waals surface area contributed by atoms with Gasteiger partial charge in [-0.05, 0) is 234 Å². The van der Waals surface area contributed by atoms with Crippen molar-refractivity contribution < 1.29 is 0 Å². The molecule has 0 fully saturated rings. The van der Waals surface area contributed by atoms with E-state index < -0.39 is 0 Å². The third-order valence-corrected chi connectivity index (χ3v) is 23.5. The number of hydrogen-bond donors (Lipinski definition) is 0. The van der Waals surface area contributed by atoms with Gasteiger partial charge in [-0.25, -0.2) is 9.97 Å². The number of fused-ring (bicyclic) bond motifs is 14. The van der Waals surface area contributed by atoms with E-state index in [0.29, 0.717) is 0 Å². The summed E-state index contributed by atoms with van der Waals surface area (Å²) in [7, 11) is 0. The van der Waals surface area contributed by atoms with Gasteiger partial charge in [0.25, 0.3) is 0 Å². The van der Waals surface area contributed by atoms with Crippen LogP contribution >= 0.6 is 0 Å². The van der Waals surface area contributed by atoms with Gasteiger partial charge < -0.3 is 0 Å². The van der Waals surface area contributed by atoms with Crippen LogP contribution in [0, 0.1) is 0 Å². The van der Waals surface area contributed by atoms with Crippen molar-refractivity contribution in [3.8, 4) is 78.7 Å². The monoisotopic (exact) mass is 1390 g/mol. The first-order valence-electron chi connectivity index (χ1n) is 37.9. The molecule has 22 aromatic carbocycles. The lowest BCUT2D eigenvalue weighted by molar-refractivity contribution is 1.10. The zero-order valence-electron chi connectivity index (χ0n) is 59.7. The van der Waals surface area contributed by atoms with Crippen molar-refractivity contribution >= 4 is 151 Å². The van der Waals surface area contributed by atoms with Gasteiger partial charge in [0, 0.05) is 22.5 Å². The molecule has 0 aliphatic carbocycles. The third kappa shape index (κ3) is 9.66. The predicted molar refractivity (Wildman–Crippen MR) is 467 cm³/mol. The van der Waals surface area contributed by atoms with Crippen LogP contribution in [0.5, 0.6) is 0 Å². The normalized spacial score (nSPS) is 12.0. The highest BCUT2D eigenvalue weighted by Gasteiger charge is 2.22. The smallest absolute Gasteiger partial charge is 0.145 e. The first kappa shape index (κ1) is 61.7. The van der Waals surface area contributed by atoms with Crippen LogP contribution in [0.15, 0.2) is 388 Å². The summed E-state index contributed by atoms with van der Waals surface area (Å²) >= 11 is 0. The number of benzene rings is 22. The highest BCUT2D eigenvalue weighted by atomic mass is 15.1. The van der Waals surface area contributed by atoms with E-state index in [2.05, 4.69) is 397 Å². The van der Waals surface area contributed by atoms with Crippen molar-refractivity contribution in [2.45, 2.75) is 0 Å². The molecular weight excluding hydrogens is 1330 g/mol. The Kier molecular flexibility index (Phi) is 13.7. The Labute approximate surface area is 633 Å². The summed E-state index contributed by atoms with van der Waals surface area (Å²) in [6.45, 7) is 0. The fourth-order valence-electron chi connectivity index (χ4n) is 18.3. The zero-order chi connectivity index (χ0) is 72.1. The predicted octanol–water partition coefficient (Wildman–Crippen LogP) is 28.8. The highest BCUT2D eigenvalue weighted by Crippen LogP contribution is 2.46.